The molecule has 1 aromatic heterocycles. The number of carbonyl (C=O) groups excluding carboxylic acids is 1. The number of ether oxygens (including phenoxy) is 1. The van der Waals surface area contributed by atoms with E-state index in [0.717, 1.165) is 64.4 Å². The highest BCUT2D eigenvalue weighted by atomic mass is 16.5. The van der Waals surface area contributed by atoms with E-state index in [-0.39, 0.29) is 5.91 Å². The molecule has 0 spiro atoms. The first-order chi connectivity index (χ1) is 14.2. The number of nitrogens with zero attached hydrogens (tertiary/aromatic N) is 3. The van der Waals surface area contributed by atoms with Crippen molar-refractivity contribution in [2.24, 2.45) is 5.92 Å². The van der Waals surface area contributed by atoms with E-state index in [0.29, 0.717) is 19.1 Å². The molecule has 0 unspecified atom stereocenters. The van der Waals surface area contributed by atoms with Gasteiger partial charge in [0, 0.05) is 56.3 Å². The van der Waals surface area contributed by atoms with E-state index in [2.05, 4.69) is 21.8 Å². The number of aryl methyl sites for hydroxylation is 1. The van der Waals surface area contributed by atoms with Gasteiger partial charge in [-0.25, -0.2) is 0 Å². The van der Waals surface area contributed by atoms with E-state index in [1.54, 1.807) is 0 Å². The average Bonchev–Trinajstić information content (AvgIpc) is 3.12. The third-order valence-electron chi connectivity index (χ3n) is 7.11. The highest BCUT2D eigenvalue weighted by Crippen LogP contribution is 2.27. The van der Waals surface area contributed by atoms with Crippen LogP contribution in [0, 0.1) is 5.92 Å². The number of fused-ring (bicyclic) bond motifs is 1. The predicted octanol–water partition coefficient (Wildman–Crippen LogP) is 3.42. The molecule has 4 rings (SSSR count). The molecular formula is C23H38N4O2. The molecule has 0 radical (unpaired) electrons. The van der Waals surface area contributed by atoms with Gasteiger partial charge in [0.1, 0.15) is 0 Å². The number of amides is 1. The molecule has 1 saturated carbocycles. The molecule has 162 valence electrons. The van der Waals surface area contributed by atoms with Crippen molar-refractivity contribution >= 4 is 5.91 Å². The molecule has 29 heavy (non-hydrogen) atoms. The van der Waals surface area contributed by atoms with Crippen LogP contribution in [0.3, 0.4) is 0 Å². The van der Waals surface area contributed by atoms with Crippen molar-refractivity contribution in [2.45, 2.75) is 96.9 Å². The van der Waals surface area contributed by atoms with Crippen LogP contribution in [0.1, 0.15) is 81.7 Å². The van der Waals surface area contributed by atoms with Crippen LogP contribution in [0.25, 0.3) is 0 Å². The number of rotatable bonds is 7. The first-order valence-electron chi connectivity index (χ1n) is 11.9. The quantitative estimate of drug-likeness (QED) is 0.759. The summed E-state index contributed by atoms with van der Waals surface area (Å²) in [4.78, 5) is 14.9. The molecule has 3 heterocycles. The first-order valence-corrected chi connectivity index (χ1v) is 11.9. The number of aromatic nitrogens is 2. The molecular weight excluding hydrogens is 364 g/mol. The zero-order valence-electron chi connectivity index (χ0n) is 18.1. The van der Waals surface area contributed by atoms with Crippen molar-refractivity contribution < 1.29 is 9.53 Å². The molecule has 2 fully saturated rings. The van der Waals surface area contributed by atoms with Gasteiger partial charge in [0.15, 0.2) is 0 Å². The fraction of sp³-hybridized carbons (Fsp3) is 0.826. The highest BCUT2D eigenvalue weighted by molar-refractivity contribution is 5.76. The topological polar surface area (TPSA) is 59.4 Å². The largest absolute Gasteiger partial charge is 0.376 e. The molecule has 0 aromatic carbocycles. The summed E-state index contributed by atoms with van der Waals surface area (Å²) >= 11 is 0. The lowest BCUT2D eigenvalue weighted by molar-refractivity contribution is -0.122. The monoisotopic (exact) mass is 402 g/mol. The summed E-state index contributed by atoms with van der Waals surface area (Å²) in [5, 5.41) is 8.17. The molecule has 6 nitrogen and oxygen atoms in total. The van der Waals surface area contributed by atoms with Gasteiger partial charge in [-0.05, 0) is 32.1 Å². The summed E-state index contributed by atoms with van der Waals surface area (Å²) in [6, 6.07) is 0.343. The second-order valence-electron chi connectivity index (χ2n) is 9.15. The summed E-state index contributed by atoms with van der Waals surface area (Å²) in [7, 11) is 0. The Morgan fingerprint density at radius 1 is 1.17 bits per heavy atom. The van der Waals surface area contributed by atoms with Gasteiger partial charge >= 0.3 is 0 Å². The Labute approximate surface area is 175 Å². The van der Waals surface area contributed by atoms with Gasteiger partial charge in [-0.2, -0.15) is 5.10 Å². The molecule has 0 atom stereocenters. The number of likely N-dealkylation sites (tertiary alicyclic amines) is 1. The zero-order valence-corrected chi connectivity index (χ0v) is 18.1. The maximum Gasteiger partial charge on any atom is 0.220 e. The van der Waals surface area contributed by atoms with E-state index in [1.165, 1.54) is 49.1 Å². The van der Waals surface area contributed by atoms with Crippen LogP contribution in [0.5, 0.6) is 0 Å². The molecule has 6 heteroatoms. The van der Waals surface area contributed by atoms with Crippen molar-refractivity contribution in [1.82, 2.24) is 20.0 Å². The number of piperidine rings is 1. The summed E-state index contributed by atoms with van der Waals surface area (Å²) in [5.41, 5.74) is 3.88. The second-order valence-corrected chi connectivity index (χ2v) is 9.15. The van der Waals surface area contributed by atoms with E-state index < -0.39 is 0 Å². The minimum atomic E-state index is 0.266. The number of nitrogens with one attached hydrogen (secondary N) is 1. The van der Waals surface area contributed by atoms with E-state index in [9.17, 15) is 4.79 Å². The van der Waals surface area contributed by atoms with Crippen LogP contribution in [-0.2, 0) is 35.6 Å². The van der Waals surface area contributed by atoms with Gasteiger partial charge in [0.05, 0.1) is 18.9 Å². The fourth-order valence-electron chi connectivity index (χ4n) is 5.33. The van der Waals surface area contributed by atoms with Crippen LogP contribution in [-0.4, -0.2) is 46.3 Å². The summed E-state index contributed by atoms with van der Waals surface area (Å²) < 4.78 is 7.85. The molecule has 0 bridgehead atoms. The third kappa shape index (κ3) is 5.40. The van der Waals surface area contributed by atoms with Crippen molar-refractivity contribution in [3.05, 3.63) is 17.0 Å². The molecule has 1 N–H and O–H groups in total. The Morgan fingerprint density at radius 2 is 1.97 bits per heavy atom. The van der Waals surface area contributed by atoms with Crippen molar-refractivity contribution in [3.8, 4) is 0 Å². The van der Waals surface area contributed by atoms with Crippen LogP contribution in [0.4, 0.5) is 0 Å². The number of carbonyl (C=O) groups is 1. The first kappa shape index (κ1) is 20.9. The SMILES string of the molecule is CCn1nc(CN2CCC(NC(=O)CCC3CCCCC3)CC2)c2c1CCOC2. The van der Waals surface area contributed by atoms with Gasteiger partial charge < -0.3 is 10.1 Å². The van der Waals surface area contributed by atoms with Crippen molar-refractivity contribution in [1.29, 1.82) is 0 Å². The smallest absolute Gasteiger partial charge is 0.220 e. The molecule has 1 saturated heterocycles. The second kappa shape index (κ2) is 10.1. The highest BCUT2D eigenvalue weighted by Gasteiger charge is 2.25. The van der Waals surface area contributed by atoms with E-state index in [4.69, 9.17) is 9.84 Å². The average molecular weight is 403 g/mol. The Bertz CT molecular complexity index is 673. The van der Waals surface area contributed by atoms with Gasteiger partial charge in [0.2, 0.25) is 5.91 Å². The number of hydrogen-bond acceptors (Lipinski definition) is 4. The Kier molecular flexibility index (Phi) is 7.24. The maximum atomic E-state index is 12.4. The van der Waals surface area contributed by atoms with E-state index in [1.807, 2.05) is 0 Å². The lowest BCUT2D eigenvalue weighted by atomic mass is 9.86. The van der Waals surface area contributed by atoms with Gasteiger partial charge in [-0.3, -0.25) is 14.4 Å². The number of hydrogen-bond donors (Lipinski definition) is 1. The minimum absolute atomic E-state index is 0.266. The lowest BCUT2D eigenvalue weighted by Crippen LogP contribution is -2.44. The minimum Gasteiger partial charge on any atom is -0.376 e. The lowest BCUT2D eigenvalue weighted by Gasteiger charge is -2.32. The standard InChI is InChI=1S/C23H38N4O2/c1-2-27-22-12-15-29-17-20(22)21(25-27)16-26-13-10-19(11-14-26)24-23(28)9-8-18-6-4-3-5-7-18/h18-19H,2-17H2,1H3,(H,24,28). The van der Waals surface area contributed by atoms with Crippen LogP contribution >= 0.6 is 0 Å². The van der Waals surface area contributed by atoms with Crippen LogP contribution in [0.15, 0.2) is 0 Å². The molecule has 1 aliphatic carbocycles. The molecule has 1 amide bonds. The van der Waals surface area contributed by atoms with Crippen LogP contribution < -0.4 is 5.32 Å². The molecule has 3 aliphatic rings. The van der Waals surface area contributed by atoms with Gasteiger partial charge in [-0.1, -0.05) is 32.1 Å². The van der Waals surface area contributed by atoms with Gasteiger partial charge in [-0.15, -0.1) is 0 Å². The summed E-state index contributed by atoms with van der Waals surface area (Å²) in [6.07, 6.45) is 11.6. The fourth-order valence-corrected chi connectivity index (χ4v) is 5.33. The van der Waals surface area contributed by atoms with Crippen molar-refractivity contribution in [3.63, 3.8) is 0 Å². The summed E-state index contributed by atoms with van der Waals surface area (Å²) in [6.45, 7) is 7.57. The Morgan fingerprint density at radius 3 is 2.72 bits per heavy atom. The predicted molar refractivity (Wildman–Crippen MR) is 114 cm³/mol. The molecule has 1 aromatic rings. The zero-order chi connectivity index (χ0) is 20.1. The normalized spacial score (nSPS) is 21.8. The maximum absolute atomic E-state index is 12.4. The summed E-state index contributed by atoms with van der Waals surface area (Å²) in [5.74, 6) is 1.05. The van der Waals surface area contributed by atoms with Crippen molar-refractivity contribution in [2.75, 3.05) is 19.7 Å². The van der Waals surface area contributed by atoms with Gasteiger partial charge in [0.25, 0.3) is 0 Å². The Balaban J connectivity index is 1.21. The third-order valence-corrected chi connectivity index (χ3v) is 7.11. The molecule has 2 aliphatic heterocycles. The van der Waals surface area contributed by atoms with E-state index >= 15 is 0 Å². The Hall–Kier alpha value is -1.40. The van der Waals surface area contributed by atoms with Crippen LogP contribution in [0.2, 0.25) is 0 Å².